The van der Waals surface area contributed by atoms with Crippen LogP contribution in [-0.2, 0) is 6.54 Å². The Morgan fingerprint density at radius 3 is 2.50 bits per heavy atom. The van der Waals surface area contributed by atoms with E-state index in [0.717, 1.165) is 0 Å². The summed E-state index contributed by atoms with van der Waals surface area (Å²) in [4.78, 5) is 3.98. The molecule has 0 radical (unpaired) electrons. The van der Waals surface area contributed by atoms with Crippen LogP contribution in [0.3, 0.4) is 0 Å². The molecule has 0 saturated heterocycles. The van der Waals surface area contributed by atoms with Gasteiger partial charge in [0.05, 0.1) is 12.6 Å². The van der Waals surface area contributed by atoms with Crippen molar-refractivity contribution in [2.45, 2.75) is 25.9 Å². The zero-order chi connectivity index (χ0) is 15.2. The molecule has 0 aliphatic carbocycles. The number of aliphatic hydroxyl groups excluding tert-OH is 1. The van der Waals surface area contributed by atoms with Crippen molar-refractivity contribution in [3.05, 3.63) is 29.8 Å². The molecule has 0 aliphatic heterocycles. The second-order valence-corrected chi connectivity index (χ2v) is 4.12. The van der Waals surface area contributed by atoms with Gasteiger partial charge in [0.1, 0.15) is 5.75 Å². The van der Waals surface area contributed by atoms with E-state index in [0.29, 0.717) is 5.56 Å². The molecule has 5 nitrogen and oxygen atoms in total. The molecular formula is C12H16F3N3O2. The second kappa shape index (κ2) is 6.99. The average Bonchev–Trinajstić information content (AvgIpc) is 2.33. The Morgan fingerprint density at radius 1 is 1.40 bits per heavy atom. The normalized spacial score (nSPS) is 13.9. The smallest absolute Gasteiger partial charge is 0.406 e. The fourth-order valence-electron chi connectivity index (χ4n) is 1.28. The van der Waals surface area contributed by atoms with Crippen molar-refractivity contribution in [2.75, 3.05) is 6.54 Å². The molecule has 1 aromatic rings. The van der Waals surface area contributed by atoms with E-state index in [9.17, 15) is 13.2 Å². The van der Waals surface area contributed by atoms with E-state index in [1.54, 1.807) is 6.92 Å². The molecule has 0 amide bonds. The highest BCUT2D eigenvalue weighted by Crippen LogP contribution is 2.22. The van der Waals surface area contributed by atoms with E-state index in [1.807, 2.05) is 0 Å². The summed E-state index contributed by atoms with van der Waals surface area (Å²) in [6.45, 7) is 2.08. The monoisotopic (exact) mass is 291 g/mol. The standard InChI is InChI=1S/C12H16F3N3O2/c1-8(19)6-17-11(16)18-7-9-2-4-10(5-3-9)20-12(13,14)15/h2-5,8,19H,6-7H2,1H3,(H3,16,17,18). The second-order valence-electron chi connectivity index (χ2n) is 4.12. The minimum atomic E-state index is -4.70. The van der Waals surface area contributed by atoms with Gasteiger partial charge in [-0.05, 0) is 24.6 Å². The number of nitrogens with one attached hydrogen (secondary N) is 1. The molecule has 0 bridgehead atoms. The van der Waals surface area contributed by atoms with E-state index in [2.05, 4.69) is 15.0 Å². The highest BCUT2D eigenvalue weighted by molar-refractivity contribution is 5.77. The van der Waals surface area contributed by atoms with Crippen molar-refractivity contribution >= 4 is 5.96 Å². The number of nitrogens with zero attached hydrogens (tertiary/aromatic N) is 1. The maximum atomic E-state index is 12.0. The van der Waals surface area contributed by atoms with E-state index in [-0.39, 0.29) is 24.8 Å². The first kappa shape index (κ1) is 16.1. The van der Waals surface area contributed by atoms with Gasteiger partial charge in [-0.1, -0.05) is 12.1 Å². The van der Waals surface area contributed by atoms with E-state index >= 15 is 0 Å². The highest BCUT2D eigenvalue weighted by Gasteiger charge is 2.30. The van der Waals surface area contributed by atoms with Crippen LogP contribution in [-0.4, -0.2) is 30.1 Å². The van der Waals surface area contributed by atoms with Gasteiger partial charge in [-0.25, -0.2) is 4.99 Å². The molecular weight excluding hydrogens is 275 g/mol. The number of aliphatic imine (C=N–C) groups is 1. The van der Waals surface area contributed by atoms with Gasteiger partial charge in [-0.2, -0.15) is 0 Å². The summed E-state index contributed by atoms with van der Waals surface area (Å²) >= 11 is 0. The number of ether oxygens (including phenoxy) is 1. The number of benzene rings is 1. The van der Waals surface area contributed by atoms with Gasteiger partial charge in [0.25, 0.3) is 0 Å². The van der Waals surface area contributed by atoms with Crippen molar-refractivity contribution in [3.8, 4) is 5.75 Å². The van der Waals surface area contributed by atoms with E-state index in [1.165, 1.54) is 24.3 Å². The predicted octanol–water partition coefficient (Wildman–Crippen LogP) is 1.37. The zero-order valence-electron chi connectivity index (χ0n) is 10.8. The van der Waals surface area contributed by atoms with Gasteiger partial charge in [0.15, 0.2) is 5.96 Å². The molecule has 8 heteroatoms. The molecule has 0 spiro atoms. The molecule has 112 valence electrons. The molecule has 0 heterocycles. The quantitative estimate of drug-likeness (QED) is 0.565. The molecule has 1 unspecified atom stereocenters. The van der Waals surface area contributed by atoms with Crippen molar-refractivity contribution < 1.29 is 23.0 Å². The van der Waals surface area contributed by atoms with Crippen LogP contribution in [0.1, 0.15) is 12.5 Å². The van der Waals surface area contributed by atoms with Crippen molar-refractivity contribution in [1.82, 2.24) is 5.32 Å². The Bertz CT molecular complexity index is 444. The third-order valence-corrected chi connectivity index (χ3v) is 2.17. The lowest BCUT2D eigenvalue weighted by molar-refractivity contribution is -0.274. The molecule has 1 rings (SSSR count). The van der Waals surface area contributed by atoms with Gasteiger partial charge >= 0.3 is 6.36 Å². The summed E-state index contributed by atoms with van der Waals surface area (Å²) in [5.74, 6) is -0.132. The lowest BCUT2D eigenvalue weighted by Crippen LogP contribution is -2.36. The number of aliphatic hydroxyl groups is 1. The Hall–Kier alpha value is -1.96. The fourth-order valence-corrected chi connectivity index (χ4v) is 1.28. The SMILES string of the molecule is CC(O)CNC(N)=NCc1ccc(OC(F)(F)F)cc1. The third kappa shape index (κ3) is 6.83. The predicted molar refractivity (Wildman–Crippen MR) is 68.1 cm³/mol. The number of guanidine groups is 1. The zero-order valence-corrected chi connectivity index (χ0v) is 10.8. The number of halogens is 3. The number of nitrogens with two attached hydrogens (primary N) is 1. The lowest BCUT2D eigenvalue weighted by Gasteiger charge is -2.09. The van der Waals surface area contributed by atoms with Gasteiger partial charge in [-0.3, -0.25) is 0 Å². The maximum Gasteiger partial charge on any atom is 0.573 e. The van der Waals surface area contributed by atoms with Crippen molar-refractivity contribution in [3.63, 3.8) is 0 Å². The van der Waals surface area contributed by atoms with Crippen LogP contribution in [0.4, 0.5) is 13.2 Å². The lowest BCUT2D eigenvalue weighted by atomic mass is 10.2. The molecule has 0 saturated carbocycles. The van der Waals surface area contributed by atoms with Gasteiger partial charge in [0.2, 0.25) is 0 Å². The molecule has 20 heavy (non-hydrogen) atoms. The average molecular weight is 291 g/mol. The van der Waals surface area contributed by atoms with Crippen molar-refractivity contribution in [1.29, 1.82) is 0 Å². The van der Waals surface area contributed by atoms with Crippen LogP contribution in [0.15, 0.2) is 29.3 Å². The van der Waals surface area contributed by atoms with E-state index < -0.39 is 12.5 Å². The summed E-state index contributed by atoms with van der Waals surface area (Å²) in [5, 5.41) is 11.7. The summed E-state index contributed by atoms with van der Waals surface area (Å²) in [6, 6.07) is 5.34. The van der Waals surface area contributed by atoms with Crippen molar-refractivity contribution in [2.24, 2.45) is 10.7 Å². The van der Waals surface area contributed by atoms with Gasteiger partial charge in [0, 0.05) is 6.54 Å². The fraction of sp³-hybridized carbons (Fsp3) is 0.417. The summed E-state index contributed by atoms with van der Waals surface area (Å²) in [6.07, 6.45) is -5.25. The van der Waals surface area contributed by atoms with Crippen LogP contribution < -0.4 is 15.8 Å². The largest absolute Gasteiger partial charge is 0.573 e. The van der Waals surface area contributed by atoms with Gasteiger partial charge in [-0.15, -0.1) is 13.2 Å². The van der Waals surface area contributed by atoms with Crippen LogP contribution in [0, 0.1) is 0 Å². The van der Waals surface area contributed by atoms with Crippen LogP contribution in [0.5, 0.6) is 5.75 Å². The van der Waals surface area contributed by atoms with Crippen LogP contribution in [0.25, 0.3) is 0 Å². The van der Waals surface area contributed by atoms with Gasteiger partial charge < -0.3 is 20.9 Å². The first-order valence-electron chi connectivity index (χ1n) is 5.83. The summed E-state index contributed by atoms with van der Waals surface area (Å²) in [7, 11) is 0. The third-order valence-electron chi connectivity index (χ3n) is 2.17. The summed E-state index contributed by atoms with van der Waals surface area (Å²) < 4.78 is 39.6. The molecule has 4 N–H and O–H groups in total. The number of hydrogen-bond donors (Lipinski definition) is 3. The highest BCUT2D eigenvalue weighted by atomic mass is 19.4. The first-order chi connectivity index (χ1) is 9.26. The Morgan fingerprint density at radius 2 is 2.00 bits per heavy atom. The maximum absolute atomic E-state index is 12.0. The molecule has 0 fully saturated rings. The van der Waals surface area contributed by atoms with Crippen LogP contribution in [0.2, 0.25) is 0 Å². The Balaban J connectivity index is 2.51. The first-order valence-corrected chi connectivity index (χ1v) is 5.83. The Kier molecular flexibility index (Phi) is 5.63. The Labute approximate surface area is 114 Å². The number of rotatable bonds is 5. The molecule has 0 aliphatic rings. The van der Waals surface area contributed by atoms with E-state index in [4.69, 9.17) is 10.8 Å². The minimum absolute atomic E-state index is 0.154. The topological polar surface area (TPSA) is 79.9 Å². The number of hydrogen-bond acceptors (Lipinski definition) is 3. The molecule has 0 aromatic heterocycles. The van der Waals surface area contributed by atoms with Crippen LogP contribution >= 0.6 is 0 Å². The molecule has 1 aromatic carbocycles. The molecule has 1 atom stereocenters. The minimum Gasteiger partial charge on any atom is -0.406 e. The summed E-state index contributed by atoms with van der Waals surface area (Å²) in [5.41, 5.74) is 6.22. The number of alkyl halides is 3.